The summed E-state index contributed by atoms with van der Waals surface area (Å²) in [7, 11) is -0.611. The summed E-state index contributed by atoms with van der Waals surface area (Å²) in [5.74, 6) is -0.244. The van der Waals surface area contributed by atoms with Gasteiger partial charge < -0.3 is 5.32 Å². The molecule has 6 nitrogen and oxygen atoms in total. The van der Waals surface area contributed by atoms with Crippen LogP contribution in [0.4, 0.5) is 5.69 Å². The largest absolute Gasteiger partial charge is 0.326 e. The van der Waals surface area contributed by atoms with Crippen molar-refractivity contribution in [2.45, 2.75) is 11.3 Å². The average Bonchev–Trinajstić information content (AvgIpc) is 3.26. The van der Waals surface area contributed by atoms with E-state index in [0.29, 0.717) is 11.4 Å². The van der Waals surface area contributed by atoms with Crippen LogP contribution in [0.5, 0.6) is 0 Å². The van der Waals surface area contributed by atoms with Gasteiger partial charge in [0.25, 0.3) is 0 Å². The number of hydrogen-bond donors (Lipinski definition) is 1. The molecule has 2 heterocycles. The van der Waals surface area contributed by atoms with Crippen LogP contribution in [0.2, 0.25) is 0 Å². The van der Waals surface area contributed by atoms with Gasteiger partial charge in [0, 0.05) is 36.1 Å². The molecule has 1 amide bonds. The molecule has 9 heteroatoms. The van der Waals surface area contributed by atoms with E-state index in [2.05, 4.69) is 10.3 Å². The van der Waals surface area contributed by atoms with Crippen LogP contribution in [0.3, 0.4) is 0 Å². The molecule has 0 atom stereocenters. The van der Waals surface area contributed by atoms with Gasteiger partial charge in [-0.1, -0.05) is 6.07 Å². The molecule has 0 unspecified atom stereocenters. The van der Waals surface area contributed by atoms with Gasteiger partial charge in [-0.3, -0.25) is 4.79 Å². The summed E-state index contributed by atoms with van der Waals surface area (Å²) in [6, 6.07) is 8.20. The van der Waals surface area contributed by atoms with E-state index in [0.717, 1.165) is 14.9 Å². The van der Waals surface area contributed by atoms with Crippen molar-refractivity contribution in [3.63, 3.8) is 0 Å². The first-order chi connectivity index (χ1) is 12.4. The molecule has 0 aliphatic carbocycles. The number of anilines is 1. The fourth-order valence-electron chi connectivity index (χ4n) is 2.22. The number of thiophene rings is 1. The van der Waals surface area contributed by atoms with E-state index < -0.39 is 10.0 Å². The molecule has 3 aromatic rings. The molecular weight excluding hydrogens is 390 g/mol. The van der Waals surface area contributed by atoms with Gasteiger partial charge in [0.05, 0.1) is 17.0 Å². The molecule has 2 aromatic heterocycles. The third-order valence-corrected chi connectivity index (χ3v) is 6.99. The van der Waals surface area contributed by atoms with Gasteiger partial charge in [-0.25, -0.2) is 17.7 Å². The molecule has 1 aromatic carbocycles. The second-order valence-corrected chi connectivity index (χ2v) is 9.49. The Bertz CT molecular complexity index is 1010. The van der Waals surface area contributed by atoms with E-state index in [1.165, 1.54) is 37.6 Å². The molecule has 0 aliphatic heterocycles. The van der Waals surface area contributed by atoms with Crippen LogP contribution in [0.1, 0.15) is 5.69 Å². The number of amides is 1. The first-order valence-electron chi connectivity index (χ1n) is 7.65. The highest BCUT2D eigenvalue weighted by molar-refractivity contribution is 7.89. The summed E-state index contributed by atoms with van der Waals surface area (Å²) in [6.45, 7) is 0. The molecule has 0 saturated carbocycles. The number of aromatic nitrogens is 1. The number of rotatable bonds is 6. The normalized spacial score (nSPS) is 11.7. The summed E-state index contributed by atoms with van der Waals surface area (Å²) in [5, 5.41) is 9.47. The number of sulfonamides is 1. The highest BCUT2D eigenvalue weighted by Crippen LogP contribution is 2.26. The Hall–Kier alpha value is -2.07. The number of hydrogen-bond acceptors (Lipinski definition) is 6. The molecule has 1 N–H and O–H groups in total. The lowest BCUT2D eigenvalue weighted by Gasteiger charge is -2.12. The van der Waals surface area contributed by atoms with Gasteiger partial charge in [-0.2, -0.15) is 11.3 Å². The van der Waals surface area contributed by atoms with E-state index in [1.54, 1.807) is 23.5 Å². The zero-order chi connectivity index (χ0) is 18.7. The summed E-state index contributed by atoms with van der Waals surface area (Å²) < 4.78 is 25.5. The maximum Gasteiger partial charge on any atom is 0.242 e. The molecule has 0 spiro atoms. The minimum absolute atomic E-state index is 0.130. The van der Waals surface area contributed by atoms with Crippen LogP contribution < -0.4 is 5.32 Å². The second-order valence-electron chi connectivity index (χ2n) is 5.70. The quantitative estimate of drug-likeness (QED) is 0.680. The Balaban J connectivity index is 1.69. The molecule has 136 valence electrons. The number of carbonyl (C=O) groups is 1. The Morgan fingerprint density at radius 1 is 1.23 bits per heavy atom. The summed E-state index contributed by atoms with van der Waals surface area (Å²) in [5.41, 5.74) is 2.17. The van der Waals surface area contributed by atoms with E-state index in [4.69, 9.17) is 0 Å². The van der Waals surface area contributed by atoms with Gasteiger partial charge in [-0.05, 0) is 29.6 Å². The van der Waals surface area contributed by atoms with Crippen molar-refractivity contribution in [2.24, 2.45) is 0 Å². The SMILES string of the molecule is CN(C)S(=O)(=O)c1cccc(NC(=O)Cc2csc(-c3ccsc3)n2)c1. The van der Waals surface area contributed by atoms with Crippen LogP contribution in [0, 0.1) is 0 Å². The van der Waals surface area contributed by atoms with Crippen molar-refractivity contribution in [1.29, 1.82) is 0 Å². The first kappa shape index (κ1) is 18.7. The van der Waals surface area contributed by atoms with Gasteiger partial charge in [-0.15, -0.1) is 11.3 Å². The van der Waals surface area contributed by atoms with E-state index in [1.807, 2.05) is 22.2 Å². The number of nitrogens with zero attached hydrogens (tertiary/aromatic N) is 2. The van der Waals surface area contributed by atoms with Crippen LogP contribution in [-0.2, 0) is 21.2 Å². The Kier molecular flexibility index (Phi) is 5.52. The summed E-state index contributed by atoms with van der Waals surface area (Å²) in [4.78, 5) is 16.9. The van der Waals surface area contributed by atoms with Crippen molar-refractivity contribution >= 4 is 44.3 Å². The van der Waals surface area contributed by atoms with Gasteiger partial charge in [0.15, 0.2) is 0 Å². The Labute approximate surface area is 160 Å². The molecular formula is C17H17N3O3S3. The lowest BCUT2D eigenvalue weighted by Crippen LogP contribution is -2.22. The fourth-order valence-corrected chi connectivity index (χ4v) is 4.70. The van der Waals surface area contributed by atoms with Gasteiger partial charge in [0.2, 0.25) is 15.9 Å². The fraction of sp³-hybridized carbons (Fsp3) is 0.176. The van der Waals surface area contributed by atoms with Gasteiger partial charge in [0.1, 0.15) is 5.01 Å². The van der Waals surface area contributed by atoms with E-state index in [9.17, 15) is 13.2 Å². The van der Waals surface area contributed by atoms with Crippen molar-refractivity contribution < 1.29 is 13.2 Å². The number of benzene rings is 1. The third-order valence-electron chi connectivity index (χ3n) is 3.56. The second kappa shape index (κ2) is 7.67. The monoisotopic (exact) mass is 407 g/mol. The summed E-state index contributed by atoms with van der Waals surface area (Å²) >= 11 is 3.09. The van der Waals surface area contributed by atoms with E-state index in [-0.39, 0.29) is 17.2 Å². The van der Waals surface area contributed by atoms with Crippen molar-refractivity contribution in [1.82, 2.24) is 9.29 Å². The van der Waals surface area contributed by atoms with Crippen molar-refractivity contribution in [3.05, 3.63) is 52.2 Å². The average molecular weight is 408 g/mol. The molecule has 0 radical (unpaired) electrons. The van der Waals surface area contributed by atoms with E-state index >= 15 is 0 Å². The number of carbonyl (C=O) groups excluding carboxylic acids is 1. The van der Waals surface area contributed by atoms with Crippen LogP contribution >= 0.6 is 22.7 Å². The zero-order valence-electron chi connectivity index (χ0n) is 14.2. The molecule has 3 rings (SSSR count). The topological polar surface area (TPSA) is 79.4 Å². The molecule has 26 heavy (non-hydrogen) atoms. The minimum atomic E-state index is -3.54. The smallest absolute Gasteiger partial charge is 0.242 e. The lowest BCUT2D eigenvalue weighted by molar-refractivity contribution is -0.115. The lowest BCUT2D eigenvalue weighted by atomic mass is 10.3. The molecule has 0 saturated heterocycles. The predicted octanol–water partition coefficient (Wildman–Crippen LogP) is 3.30. The number of thiazole rings is 1. The van der Waals surface area contributed by atoms with Crippen LogP contribution in [0.15, 0.2) is 51.4 Å². The van der Waals surface area contributed by atoms with Gasteiger partial charge >= 0.3 is 0 Å². The highest BCUT2D eigenvalue weighted by atomic mass is 32.2. The third kappa shape index (κ3) is 4.18. The molecule has 0 bridgehead atoms. The minimum Gasteiger partial charge on any atom is -0.326 e. The van der Waals surface area contributed by atoms with Crippen molar-refractivity contribution in [2.75, 3.05) is 19.4 Å². The maximum atomic E-state index is 12.3. The standard InChI is InChI=1S/C17H17N3O3S3/c1-20(2)26(22,23)15-5-3-4-13(8-15)18-16(21)9-14-11-25-17(19-14)12-6-7-24-10-12/h3-8,10-11H,9H2,1-2H3,(H,18,21). The first-order valence-corrected chi connectivity index (χ1v) is 10.9. The maximum absolute atomic E-state index is 12.3. The molecule has 0 fully saturated rings. The number of nitrogens with one attached hydrogen (secondary N) is 1. The summed E-state index contributed by atoms with van der Waals surface area (Å²) in [6.07, 6.45) is 0.130. The predicted molar refractivity (Wildman–Crippen MR) is 105 cm³/mol. The Morgan fingerprint density at radius 2 is 2.04 bits per heavy atom. The van der Waals surface area contributed by atoms with Crippen molar-refractivity contribution in [3.8, 4) is 10.6 Å². The van der Waals surface area contributed by atoms with Crippen LogP contribution in [-0.4, -0.2) is 37.7 Å². The highest BCUT2D eigenvalue weighted by Gasteiger charge is 2.18. The van der Waals surface area contributed by atoms with Crippen LogP contribution in [0.25, 0.3) is 10.6 Å². The molecule has 0 aliphatic rings. The zero-order valence-corrected chi connectivity index (χ0v) is 16.6. The Morgan fingerprint density at radius 3 is 2.73 bits per heavy atom.